The molecule has 1 fully saturated rings. The number of hydrogen-bond donors (Lipinski definition) is 0. The molecule has 0 unspecified atom stereocenters. The minimum absolute atomic E-state index is 0.0174. The first kappa shape index (κ1) is 21.4. The van der Waals surface area contributed by atoms with Gasteiger partial charge >= 0.3 is 0 Å². The molecule has 6 nitrogen and oxygen atoms in total. The number of rotatable bonds is 9. The SMILES string of the molecule is COc1cccc(OCCc2cc([C@H]3CN(CCc4ccccc4)CCO3)nn2C)c1. The third kappa shape index (κ3) is 5.87. The van der Waals surface area contributed by atoms with E-state index in [9.17, 15) is 0 Å². The van der Waals surface area contributed by atoms with Gasteiger partial charge < -0.3 is 14.2 Å². The Morgan fingerprint density at radius 2 is 1.87 bits per heavy atom. The number of morpholine rings is 1. The highest BCUT2D eigenvalue weighted by Crippen LogP contribution is 2.23. The van der Waals surface area contributed by atoms with Crippen molar-refractivity contribution in [1.82, 2.24) is 14.7 Å². The average molecular weight is 422 g/mol. The maximum Gasteiger partial charge on any atom is 0.123 e. The summed E-state index contributed by atoms with van der Waals surface area (Å²) in [6.07, 6.45) is 1.86. The van der Waals surface area contributed by atoms with Gasteiger partial charge in [-0.1, -0.05) is 36.4 Å². The van der Waals surface area contributed by atoms with E-state index in [2.05, 4.69) is 41.3 Å². The minimum Gasteiger partial charge on any atom is -0.497 e. The van der Waals surface area contributed by atoms with Crippen molar-refractivity contribution in [2.24, 2.45) is 7.05 Å². The maximum absolute atomic E-state index is 6.05. The van der Waals surface area contributed by atoms with Crippen molar-refractivity contribution in [3.8, 4) is 11.5 Å². The molecule has 3 aromatic rings. The fraction of sp³-hybridized carbons (Fsp3) is 0.400. The van der Waals surface area contributed by atoms with Crippen molar-refractivity contribution < 1.29 is 14.2 Å². The molecule has 4 rings (SSSR count). The van der Waals surface area contributed by atoms with Crippen LogP contribution in [-0.4, -0.2) is 54.6 Å². The fourth-order valence-electron chi connectivity index (χ4n) is 3.90. The summed E-state index contributed by atoms with van der Waals surface area (Å²) in [5, 5.41) is 4.73. The normalized spacial score (nSPS) is 16.9. The van der Waals surface area contributed by atoms with E-state index in [1.54, 1.807) is 7.11 Å². The van der Waals surface area contributed by atoms with Gasteiger partial charge in [0.2, 0.25) is 0 Å². The second kappa shape index (κ2) is 10.5. The van der Waals surface area contributed by atoms with Crippen LogP contribution in [0.3, 0.4) is 0 Å². The number of ether oxygens (including phenoxy) is 3. The minimum atomic E-state index is 0.0174. The molecule has 1 aliphatic heterocycles. The second-order valence-electron chi connectivity index (χ2n) is 7.86. The van der Waals surface area contributed by atoms with Gasteiger partial charge in [-0.05, 0) is 30.2 Å². The van der Waals surface area contributed by atoms with Crippen molar-refractivity contribution in [1.29, 1.82) is 0 Å². The molecule has 0 radical (unpaired) electrons. The van der Waals surface area contributed by atoms with E-state index in [4.69, 9.17) is 19.3 Å². The van der Waals surface area contributed by atoms with Crippen LogP contribution in [0.2, 0.25) is 0 Å². The van der Waals surface area contributed by atoms with Gasteiger partial charge in [-0.15, -0.1) is 0 Å². The number of aryl methyl sites for hydroxylation is 1. The van der Waals surface area contributed by atoms with Gasteiger partial charge in [0.25, 0.3) is 0 Å². The first-order chi connectivity index (χ1) is 15.2. The van der Waals surface area contributed by atoms with Crippen LogP contribution in [0.15, 0.2) is 60.7 Å². The molecule has 2 heterocycles. The molecule has 0 spiro atoms. The summed E-state index contributed by atoms with van der Waals surface area (Å²) in [6.45, 7) is 4.21. The predicted octanol–water partition coefficient (Wildman–Crippen LogP) is 3.67. The fourth-order valence-corrected chi connectivity index (χ4v) is 3.90. The number of methoxy groups -OCH3 is 1. The van der Waals surface area contributed by atoms with E-state index >= 15 is 0 Å². The van der Waals surface area contributed by atoms with Gasteiger partial charge in [-0.3, -0.25) is 9.58 Å². The van der Waals surface area contributed by atoms with E-state index in [1.165, 1.54) is 5.56 Å². The van der Waals surface area contributed by atoms with Crippen molar-refractivity contribution in [2.45, 2.75) is 18.9 Å². The van der Waals surface area contributed by atoms with Crippen LogP contribution in [0.5, 0.6) is 11.5 Å². The summed E-state index contributed by atoms with van der Waals surface area (Å²) in [6, 6.07) is 20.5. The van der Waals surface area contributed by atoms with Crippen molar-refractivity contribution in [2.75, 3.05) is 40.0 Å². The van der Waals surface area contributed by atoms with Crippen molar-refractivity contribution in [3.63, 3.8) is 0 Å². The molecule has 0 saturated carbocycles. The molecule has 6 heteroatoms. The molecule has 0 N–H and O–H groups in total. The average Bonchev–Trinajstić information content (AvgIpc) is 3.19. The summed E-state index contributed by atoms with van der Waals surface area (Å²) in [4.78, 5) is 2.47. The number of hydrogen-bond acceptors (Lipinski definition) is 5. The van der Waals surface area contributed by atoms with Crippen molar-refractivity contribution >= 4 is 0 Å². The highest BCUT2D eigenvalue weighted by Gasteiger charge is 2.24. The highest BCUT2D eigenvalue weighted by molar-refractivity contribution is 5.32. The lowest BCUT2D eigenvalue weighted by atomic mass is 10.1. The molecule has 0 bridgehead atoms. The zero-order valence-corrected chi connectivity index (χ0v) is 18.4. The van der Waals surface area contributed by atoms with Gasteiger partial charge in [-0.2, -0.15) is 5.10 Å². The summed E-state index contributed by atoms with van der Waals surface area (Å²) in [5.74, 6) is 1.61. The van der Waals surface area contributed by atoms with Crippen LogP contribution in [0.4, 0.5) is 0 Å². The molecule has 0 aliphatic carbocycles. The number of benzene rings is 2. The van der Waals surface area contributed by atoms with E-state index in [1.807, 2.05) is 36.0 Å². The lowest BCUT2D eigenvalue weighted by Gasteiger charge is -2.32. The highest BCUT2D eigenvalue weighted by atomic mass is 16.5. The second-order valence-corrected chi connectivity index (χ2v) is 7.86. The Bertz CT molecular complexity index is 958. The van der Waals surface area contributed by atoms with Crippen LogP contribution in [0.1, 0.15) is 23.1 Å². The van der Waals surface area contributed by atoms with Gasteiger partial charge in [-0.25, -0.2) is 0 Å². The first-order valence-electron chi connectivity index (χ1n) is 10.9. The van der Waals surface area contributed by atoms with E-state index in [-0.39, 0.29) is 6.10 Å². The largest absolute Gasteiger partial charge is 0.497 e. The first-order valence-corrected chi connectivity index (χ1v) is 10.9. The molecule has 164 valence electrons. The Kier molecular flexibility index (Phi) is 7.22. The van der Waals surface area contributed by atoms with Crippen LogP contribution < -0.4 is 9.47 Å². The smallest absolute Gasteiger partial charge is 0.123 e. The Morgan fingerprint density at radius 1 is 1.03 bits per heavy atom. The number of aromatic nitrogens is 2. The summed E-state index contributed by atoms with van der Waals surface area (Å²) in [5.41, 5.74) is 3.52. The topological polar surface area (TPSA) is 48.8 Å². The molecule has 31 heavy (non-hydrogen) atoms. The lowest BCUT2D eigenvalue weighted by molar-refractivity contribution is -0.0318. The molecule has 0 amide bonds. The summed E-state index contributed by atoms with van der Waals surface area (Å²) in [7, 11) is 3.65. The molecule has 1 saturated heterocycles. The summed E-state index contributed by atoms with van der Waals surface area (Å²) >= 11 is 0. The molecule has 2 aromatic carbocycles. The molecular formula is C25H31N3O3. The third-order valence-electron chi connectivity index (χ3n) is 5.70. The molecule has 1 aromatic heterocycles. The van der Waals surface area contributed by atoms with Gasteiger partial charge in [0.15, 0.2) is 0 Å². The Balaban J connectivity index is 1.30. The van der Waals surface area contributed by atoms with Crippen LogP contribution in [-0.2, 0) is 24.6 Å². The third-order valence-corrected chi connectivity index (χ3v) is 5.70. The Hall–Kier alpha value is -2.83. The Morgan fingerprint density at radius 3 is 2.71 bits per heavy atom. The monoisotopic (exact) mass is 421 g/mol. The zero-order valence-electron chi connectivity index (χ0n) is 18.4. The van der Waals surface area contributed by atoms with Gasteiger partial charge in [0, 0.05) is 44.9 Å². The maximum atomic E-state index is 6.05. The standard InChI is InChI=1S/C25H31N3O3/c1-27-21(12-15-30-23-10-6-9-22(18-23)29-2)17-24(26-27)25-19-28(14-16-31-25)13-11-20-7-4-3-5-8-20/h3-10,17-18,25H,11-16,19H2,1-2H3/t25-/m1/s1. The van der Waals surface area contributed by atoms with Crippen LogP contribution in [0, 0.1) is 0 Å². The van der Waals surface area contributed by atoms with Crippen LogP contribution >= 0.6 is 0 Å². The van der Waals surface area contributed by atoms with E-state index < -0.39 is 0 Å². The Labute approximate surface area is 184 Å². The van der Waals surface area contributed by atoms with E-state index in [0.717, 1.165) is 62.0 Å². The zero-order chi connectivity index (χ0) is 21.5. The molecular weight excluding hydrogens is 390 g/mol. The molecule has 1 aliphatic rings. The number of nitrogens with zero attached hydrogens (tertiary/aromatic N) is 3. The van der Waals surface area contributed by atoms with Gasteiger partial charge in [0.05, 0.1) is 26.0 Å². The lowest BCUT2D eigenvalue weighted by Crippen LogP contribution is -2.39. The van der Waals surface area contributed by atoms with Crippen molar-refractivity contribution in [3.05, 3.63) is 77.6 Å². The summed E-state index contributed by atoms with van der Waals surface area (Å²) < 4.78 is 19.1. The van der Waals surface area contributed by atoms with Gasteiger partial charge in [0.1, 0.15) is 17.6 Å². The quantitative estimate of drug-likeness (QED) is 0.528. The van der Waals surface area contributed by atoms with Crippen LogP contribution in [0.25, 0.3) is 0 Å². The van der Waals surface area contributed by atoms with E-state index in [0.29, 0.717) is 6.61 Å². The predicted molar refractivity (Wildman–Crippen MR) is 121 cm³/mol. The molecule has 1 atom stereocenters.